The molecular formula is C19H23ClFNO2. The Bertz CT molecular complexity index is 746. The molecule has 0 aliphatic rings. The van der Waals surface area contributed by atoms with Crippen LogP contribution in [-0.2, 0) is 11.2 Å². The lowest BCUT2D eigenvalue weighted by Gasteiger charge is -2.17. The number of aliphatic carboxylic acids is 1. The molecule has 0 aliphatic carbocycles. The standard InChI is InChI=1S/C19H22FNO2.ClH/c1-4-13-7-5-6-11(2)18(13)14-8-12(3)19(20)15(9-14)16(21)10-17(22)23;/h5-9,16H,4,10,21H2,1-3H3,(H,22,23);1H. The minimum absolute atomic E-state index is 0. The fourth-order valence-corrected chi connectivity index (χ4v) is 2.95. The maximum atomic E-state index is 14.4. The van der Waals surface area contributed by atoms with Gasteiger partial charge in [-0.3, -0.25) is 4.79 Å². The molecule has 1 atom stereocenters. The van der Waals surface area contributed by atoms with Crippen molar-refractivity contribution in [2.45, 2.75) is 39.7 Å². The summed E-state index contributed by atoms with van der Waals surface area (Å²) in [6, 6.07) is 8.71. The minimum Gasteiger partial charge on any atom is -0.481 e. The summed E-state index contributed by atoms with van der Waals surface area (Å²) in [6.45, 7) is 5.77. The minimum atomic E-state index is -1.04. The third-order valence-electron chi connectivity index (χ3n) is 4.11. The second-order valence-corrected chi connectivity index (χ2v) is 5.86. The number of nitrogens with two attached hydrogens (primary N) is 1. The first-order chi connectivity index (χ1) is 10.8. The van der Waals surface area contributed by atoms with Gasteiger partial charge < -0.3 is 10.8 Å². The van der Waals surface area contributed by atoms with Crippen LogP contribution in [0.15, 0.2) is 30.3 Å². The summed E-state index contributed by atoms with van der Waals surface area (Å²) >= 11 is 0. The van der Waals surface area contributed by atoms with Crippen molar-refractivity contribution >= 4 is 18.4 Å². The van der Waals surface area contributed by atoms with Crippen molar-refractivity contribution < 1.29 is 14.3 Å². The van der Waals surface area contributed by atoms with Crippen LogP contribution in [-0.4, -0.2) is 11.1 Å². The van der Waals surface area contributed by atoms with Gasteiger partial charge >= 0.3 is 5.97 Å². The van der Waals surface area contributed by atoms with Gasteiger partial charge in [0.2, 0.25) is 0 Å². The third-order valence-corrected chi connectivity index (χ3v) is 4.11. The van der Waals surface area contributed by atoms with Gasteiger partial charge in [-0.25, -0.2) is 4.39 Å². The molecular weight excluding hydrogens is 329 g/mol. The van der Waals surface area contributed by atoms with Gasteiger partial charge in [0.25, 0.3) is 0 Å². The quantitative estimate of drug-likeness (QED) is 0.829. The lowest BCUT2D eigenvalue weighted by Crippen LogP contribution is -2.17. The molecule has 0 saturated carbocycles. The smallest absolute Gasteiger partial charge is 0.305 e. The molecule has 0 bridgehead atoms. The Morgan fingerprint density at radius 1 is 1.25 bits per heavy atom. The number of carboxylic acids is 1. The summed E-state index contributed by atoms with van der Waals surface area (Å²) < 4.78 is 14.4. The van der Waals surface area contributed by atoms with Crippen LogP contribution in [0.5, 0.6) is 0 Å². The Kier molecular flexibility index (Phi) is 6.93. The van der Waals surface area contributed by atoms with Crippen molar-refractivity contribution in [2.24, 2.45) is 5.73 Å². The fourth-order valence-electron chi connectivity index (χ4n) is 2.95. The van der Waals surface area contributed by atoms with Crippen LogP contribution >= 0.6 is 12.4 Å². The molecule has 2 aromatic carbocycles. The van der Waals surface area contributed by atoms with E-state index in [-0.39, 0.29) is 24.4 Å². The molecule has 24 heavy (non-hydrogen) atoms. The van der Waals surface area contributed by atoms with Gasteiger partial charge in [0.15, 0.2) is 0 Å². The van der Waals surface area contributed by atoms with E-state index in [4.69, 9.17) is 10.8 Å². The van der Waals surface area contributed by atoms with Crippen LogP contribution in [0.1, 0.15) is 41.6 Å². The molecule has 0 heterocycles. The summed E-state index contributed by atoms with van der Waals surface area (Å²) in [5.41, 5.74) is 10.9. The summed E-state index contributed by atoms with van der Waals surface area (Å²) in [4.78, 5) is 10.9. The van der Waals surface area contributed by atoms with Gasteiger partial charge in [0.1, 0.15) is 5.82 Å². The molecule has 0 aliphatic heterocycles. The van der Waals surface area contributed by atoms with Crippen molar-refractivity contribution in [3.05, 3.63) is 58.4 Å². The van der Waals surface area contributed by atoms with Gasteiger partial charge in [-0.05, 0) is 60.2 Å². The van der Waals surface area contributed by atoms with Crippen molar-refractivity contribution in [3.8, 4) is 11.1 Å². The highest BCUT2D eigenvalue weighted by Gasteiger charge is 2.19. The highest BCUT2D eigenvalue weighted by atomic mass is 35.5. The van der Waals surface area contributed by atoms with Gasteiger partial charge in [-0.1, -0.05) is 25.1 Å². The van der Waals surface area contributed by atoms with E-state index in [0.717, 1.165) is 23.1 Å². The molecule has 0 aromatic heterocycles. The molecule has 1 unspecified atom stereocenters. The third kappa shape index (κ3) is 4.13. The molecule has 0 spiro atoms. The Balaban J connectivity index is 0.00000288. The zero-order valence-electron chi connectivity index (χ0n) is 14.1. The lowest BCUT2D eigenvalue weighted by molar-refractivity contribution is -0.137. The number of carboxylic acid groups (broad SMARTS) is 1. The normalized spacial score (nSPS) is 11.7. The number of rotatable bonds is 5. The van der Waals surface area contributed by atoms with E-state index in [2.05, 4.69) is 13.0 Å². The molecule has 3 nitrogen and oxygen atoms in total. The Morgan fingerprint density at radius 2 is 1.92 bits per heavy atom. The predicted octanol–water partition coefficient (Wildman–Crippen LogP) is 4.57. The SMILES string of the molecule is CCc1cccc(C)c1-c1cc(C)c(F)c(C(N)CC(=O)O)c1.Cl. The summed E-state index contributed by atoms with van der Waals surface area (Å²) in [7, 11) is 0. The first kappa shape index (κ1) is 20.1. The molecule has 3 N–H and O–H groups in total. The maximum absolute atomic E-state index is 14.4. The number of halogens is 2. The molecule has 0 fully saturated rings. The monoisotopic (exact) mass is 351 g/mol. The van der Waals surface area contributed by atoms with Crippen LogP contribution in [0, 0.1) is 19.7 Å². The van der Waals surface area contributed by atoms with E-state index in [1.807, 2.05) is 19.1 Å². The number of carbonyl (C=O) groups is 1. The number of hydrogen-bond acceptors (Lipinski definition) is 2. The topological polar surface area (TPSA) is 63.3 Å². The van der Waals surface area contributed by atoms with E-state index >= 15 is 0 Å². The molecule has 0 saturated heterocycles. The highest BCUT2D eigenvalue weighted by Crippen LogP contribution is 2.32. The number of hydrogen-bond donors (Lipinski definition) is 2. The van der Waals surface area contributed by atoms with Crippen molar-refractivity contribution in [3.63, 3.8) is 0 Å². The molecule has 0 radical (unpaired) electrons. The Morgan fingerprint density at radius 3 is 2.50 bits per heavy atom. The van der Waals surface area contributed by atoms with Crippen molar-refractivity contribution in [1.82, 2.24) is 0 Å². The summed E-state index contributed by atoms with van der Waals surface area (Å²) in [6.07, 6.45) is 0.568. The lowest BCUT2D eigenvalue weighted by atomic mass is 9.89. The van der Waals surface area contributed by atoms with Gasteiger partial charge in [0.05, 0.1) is 6.42 Å². The van der Waals surface area contributed by atoms with Crippen LogP contribution in [0.3, 0.4) is 0 Å². The molecule has 5 heteroatoms. The van der Waals surface area contributed by atoms with E-state index in [1.54, 1.807) is 19.1 Å². The largest absolute Gasteiger partial charge is 0.481 e. The van der Waals surface area contributed by atoms with Crippen LogP contribution < -0.4 is 5.73 Å². The maximum Gasteiger partial charge on any atom is 0.305 e. The van der Waals surface area contributed by atoms with Gasteiger partial charge in [-0.15, -0.1) is 12.4 Å². The summed E-state index contributed by atoms with van der Waals surface area (Å²) in [5, 5.41) is 8.92. The van der Waals surface area contributed by atoms with Crippen LogP contribution in [0.4, 0.5) is 4.39 Å². The van der Waals surface area contributed by atoms with E-state index in [0.29, 0.717) is 5.56 Å². The molecule has 2 aromatic rings. The average molecular weight is 352 g/mol. The molecule has 0 amide bonds. The molecule has 2 rings (SSSR count). The first-order valence-electron chi connectivity index (χ1n) is 7.71. The van der Waals surface area contributed by atoms with E-state index in [9.17, 15) is 9.18 Å². The van der Waals surface area contributed by atoms with Crippen molar-refractivity contribution in [1.29, 1.82) is 0 Å². The zero-order chi connectivity index (χ0) is 17.1. The van der Waals surface area contributed by atoms with Gasteiger partial charge in [-0.2, -0.15) is 0 Å². The second-order valence-electron chi connectivity index (χ2n) is 5.86. The average Bonchev–Trinajstić information content (AvgIpc) is 2.48. The van der Waals surface area contributed by atoms with Gasteiger partial charge in [0, 0.05) is 11.6 Å². The number of benzene rings is 2. The Hall–Kier alpha value is -1.91. The molecule has 130 valence electrons. The first-order valence-corrected chi connectivity index (χ1v) is 7.71. The fraction of sp³-hybridized carbons (Fsp3) is 0.316. The number of aryl methyl sites for hydroxylation is 3. The van der Waals surface area contributed by atoms with Crippen LogP contribution in [0.2, 0.25) is 0 Å². The Labute approximate surface area is 148 Å². The van der Waals surface area contributed by atoms with Crippen LogP contribution in [0.25, 0.3) is 11.1 Å². The van der Waals surface area contributed by atoms with Crippen molar-refractivity contribution in [2.75, 3.05) is 0 Å². The van der Waals surface area contributed by atoms with E-state index < -0.39 is 17.8 Å². The second kappa shape index (κ2) is 8.27. The predicted molar refractivity (Wildman–Crippen MR) is 97.1 cm³/mol. The summed E-state index contributed by atoms with van der Waals surface area (Å²) in [5.74, 6) is -1.46. The van der Waals surface area contributed by atoms with E-state index in [1.165, 1.54) is 5.56 Å². The highest BCUT2D eigenvalue weighted by molar-refractivity contribution is 5.85. The zero-order valence-corrected chi connectivity index (χ0v) is 14.9.